The van der Waals surface area contributed by atoms with Crippen molar-refractivity contribution in [2.45, 2.75) is 17.9 Å². The SMILES string of the molecule is CC(NS(=O)(=O)c1ccc2ccccc2c1)c1ccc2c(c1)OCO2. The van der Waals surface area contributed by atoms with Crippen LogP contribution in [0.3, 0.4) is 0 Å². The van der Waals surface area contributed by atoms with Crippen LogP contribution in [0.25, 0.3) is 10.8 Å². The van der Waals surface area contributed by atoms with E-state index in [1.54, 1.807) is 31.2 Å². The molecule has 0 aliphatic carbocycles. The van der Waals surface area contributed by atoms with Crippen LogP contribution in [0.5, 0.6) is 11.5 Å². The summed E-state index contributed by atoms with van der Waals surface area (Å²) >= 11 is 0. The minimum Gasteiger partial charge on any atom is -0.454 e. The van der Waals surface area contributed by atoms with Gasteiger partial charge in [0, 0.05) is 6.04 Å². The lowest BCUT2D eigenvalue weighted by Gasteiger charge is -2.15. The minimum atomic E-state index is -3.64. The van der Waals surface area contributed by atoms with Crippen LogP contribution in [0.4, 0.5) is 0 Å². The topological polar surface area (TPSA) is 64.6 Å². The Kier molecular flexibility index (Phi) is 3.86. The van der Waals surface area contributed by atoms with Crippen molar-refractivity contribution >= 4 is 20.8 Å². The van der Waals surface area contributed by atoms with Crippen molar-refractivity contribution in [2.75, 3.05) is 6.79 Å². The maximum absolute atomic E-state index is 12.7. The number of benzene rings is 3. The van der Waals surface area contributed by atoms with Gasteiger partial charge in [0.2, 0.25) is 16.8 Å². The zero-order valence-corrected chi connectivity index (χ0v) is 14.4. The predicted molar refractivity (Wildman–Crippen MR) is 95.2 cm³/mol. The highest BCUT2D eigenvalue weighted by atomic mass is 32.2. The van der Waals surface area contributed by atoms with Gasteiger partial charge in [-0.3, -0.25) is 0 Å². The third-order valence-electron chi connectivity index (χ3n) is 4.26. The van der Waals surface area contributed by atoms with Crippen LogP contribution in [0.1, 0.15) is 18.5 Å². The average molecular weight is 355 g/mol. The van der Waals surface area contributed by atoms with Crippen molar-refractivity contribution in [2.24, 2.45) is 0 Å². The monoisotopic (exact) mass is 355 g/mol. The van der Waals surface area contributed by atoms with Crippen molar-refractivity contribution in [3.05, 3.63) is 66.2 Å². The Hall–Kier alpha value is -2.57. The summed E-state index contributed by atoms with van der Waals surface area (Å²) in [7, 11) is -3.64. The molecule has 1 unspecified atom stereocenters. The van der Waals surface area contributed by atoms with E-state index in [0.29, 0.717) is 11.5 Å². The second-order valence-corrected chi connectivity index (χ2v) is 7.68. The highest BCUT2D eigenvalue weighted by molar-refractivity contribution is 7.89. The molecule has 1 N–H and O–H groups in total. The fourth-order valence-corrected chi connectivity index (χ4v) is 4.15. The first kappa shape index (κ1) is 15.9. The van der Waals surface area contributed by atoms with Crippen molar-refractivity contribution in [1.82, 2.24) is 4.72 Å². The Morgan fingerprint density at radius 3 is 2.52 bits per heavy atom. The first-order valence-electron chi connectivity index (χ1n) is 7.94. The molecule has 4 rings (SSSR count). The molecule has 1 aliphatic heterocycles. The summed E-state index contributed by atoms with van der Waals surface area (Å²) in [5.74, 6) is 1.31. The zero-order chi connectivity index (χ0) is 17.4. The molecule has 25 heavy (non-hydrogen) atoms. The van der Waals surface area contributed by atoms with Crippen molar-refractivity contribution in [3.8, 4) is 11.5 Å². The number of rotatable bonds is 4. The van der Waals surface area contributed by atoms with Crippen LogP contribution >= 0.6 is 0 Å². The van der Waals surface area contributed by atoms with E-state index >= 15 is 0 Å². The summed E-state index contributed by atoms with van der Waals surface area (Å²) in [5, 5.41) is 1.89. The number of hydrogen-bond acceptors (Lipinski definition) is 4. The first-order valence-corrected chi connectivity index (χ1v) is 9.42. The van der Waals surface area contributed by atoms with Gasteiger partial charge in [0.25, 0.3) is 0 Å². The van der Waals surface area contributed by atoms with Crippen molar-refractivity contribution in [1.29, 1.82) is 0 Å². The van der Waals surface area contributed by atoms with Gasteiger partial charge >= 0.3 is 0 Å². The van der Waals surface area contributed by atoms with E-state index in [2.05, 4.69) is 4.72 Å². The molecular weight excluding hydrogens is 338 g/mol. The first-order chi connectivity index (χ1) is 12.0. The normalized spacial score (nSPS) is 14.6. The second-order valence-electron chi connectivity index (χ2n) is 5.96. The summed E-state index contributed by atoms with van der Waals surface area (Å²) < 4.78 is 38.8. The second kappa shape index (κ2) is 6.06. The van der Waals surface area contributed by atoms with E-state index in [1.807, 2.05) is 36.4 Å². The molecule has 0 amide bonds. The van der Waals surface area contributed by atoms with Crippen LogP contribution in [0, 0.1) is 0 Å². The maximum atomic E-state index is 12.7. The molecule has 0 aromatic heterocycles. The van der Waals surface area contributed by atoms with Gasteiger partial charge in [0.15, 0.2) is 11.5 Å². The molecule has 1 aliphatic rings. The zero-order valence-electron chi connectivity index (χ0n) is 13.6. The van der Waals surface area contributed by atoms with Crippen LogP contribution < -0.4 is 14.2 Å². The van der Waals surface area contributed by atoms with Gasteiger partial charge in [-0.1, -0.05) is 36.4 Å². The van der Waals surface area contributed by atoms with Gasteiger partial charge < -0.3 is 9.47 Å². The quantitative estimate of drug-likeness (QED) is 0.776. The van der Waals surface area contributed by atoms with Crippen LogP contribution in [0.2, 0.25) is 0 Å². The van der Waals surface area contributed by atoms with Crippen molar-refractivity contribution in [3.63, 3.8) is 0 Å². The average Bonchev–Trinajstić information content (AvgIpc) is 3.08. The number of sulfonamides is 1. The summed E-state index contributed by atoms with van der Waals surface area (Å²) in [6, 6.07) is 17.8. The lowest BCUT2D eigenvalue weighted by molar-refractivity contribution is 0.174. The number of nitrogens with one attached hydrogen (secondary N) is 1. The molecule has 0 saturated heterocycles. The fourth-order valence-electron chi connectivity index (χ4n) is 2.89. The molecule has 0 saturated carbocycles. The van der Waals surface area contributed by atoms with Crippen LogP contribution in [-0.4, -0.2) is 15.2 Å². The molecule has 3 aromatic carbocycles. The summed E-state index contributed by atoms with van der Waals surface area (Å²) in [4.78, 5) is 0.249. The molecule has 1 atom stereocenters. The summed E-state index contributed by atoms with van der Waals surface area (Å²) in [6.07, 6.45) is 0. The predicted octanol–water partition coefficient (Wildman–Crippen LogP) is 3.61. The molecule has 0 fully saturated rings. The third kappa shape index (κ3) is 3.06. The van der Waals surface area contributed by atoms with Gasteiger partial charge in [-0.25, -0.2) is 13.1 Å². The van der Waals surface area contributed by atoms with E-state index in [1.165, 1.54) is 0 Å². The minimum absolute atomic E-state index is 0.190. The Labute approximate surface area is 146 Å². The highest BCUT2D eigenvalue weighted by Gasteiger charge is 2.21. The van der Waals surface area contributed by atoms with Crippen LogP contribution in [0.15, 0.2) is 65.6 Å². The third-order valence-corrected chi connectivity index (χ3v) is 5.80. The van der Waals surface area contributed by atoms with Crippen LogP contribution in [-0.2, 0) is 10.0 Å². The Balaban J connectivity index is 1.61. The molecule has 6 heteroatoms. The smallest absolute Gasteiger partial charge is 0.241 e. The van der Waals surface area contributed by atoms with Crippen molar-refractivity contribution < 1.29 is 17.9 Å². The standard InChI is InChI=1S/C19H17NO4S/c1-13(15-7-9-18-19(11-15)24-12-23-18)20-25(21,22)17-8-6-14-4-2-3-5-16(14)10-17/h2-11,13,20H,12H2,1H3. The molecule has 128 valence electrons. The summed E-state index contributed by atoms with van der Waals surface area (Å²) in [5.41, 5.74) is 0.814. The lowest BCUT2D eigenvalue weighted by Crippen LogP contribution is -2.26. The Morgan fingerprint density at radius 1 is 0.920 bits per heavy atom. The fraction of sp³-hybridized carbons (Fsp3) is 0.158. The van der Waals surface area contributed by atoms with E-state index in [-0.39, 0.29) is 11.7 Å². The maximum Gasteiger partial charge on any atom is 0.241 e. The Bertz CT molecular complexity index is 1050. The van der Waals surface area contributed by atoms with Gasteiger partial charge in [0.05, 0.1) is 4.90 Å². The van der Waals surface area contributed by atoms with E-state index in [0.717, 1.165) is 16.3 Å². The van der Waals surface area contributed by atoms with Gasteiger partial charge in [-0.05, 0) is 47.5 Å². The number of ether oxygens (including phenoxy) is 2. The van der Waals surface area contributed by atoms with Gasteiger partial charge in [-0.2, -0.15) is 0 Å². The molecule has 0 radical (unpaired) electrons. The Morgan fingerprint density at radius 2 is 1.68 bits per heavy atom. The largest absolute Gasteiger partial charge is 0.454 e. The lowest BCUT2D eigenvalue weighted by atomic mass is 10.1. The van der Waals surface area contributed by atoms with Gasteiger partial charge in [-0.15, -0.1) is 0 Å². The van der Waals surface area contributed by atoms with Gasteiger partial charge in [0.1, 0.15) is 0 Å². The molecule has 1 heterocycles. The van der Waals surface area contributed by atoms with E-state index in [4.69, 9.17) is 9.47 Å². The highest BCUT2D eigenvalue weighted by Crippen LogP contribution is 2.34. The van der Waals surface area contributed by atoms with E-state index in [9.17, 15) is 8.42 Å². The summed E-state index contributed by atoms with van der Waals surface area (Å²) in [6.45, 7) is 1.99. The molecule has 3 aromatic rings. The number of hydrogen-bond donors (Lipinski definition) is 1. The van der Waals surface area contributed by atoms with E-state index < -0.39 is 16.1 Å². The molecule has 5 nitrogen and oxygen atoms in total. The molecule has 0 bridgehead atoms. The molecule has 0 spiro atoms. The molecular formula is C19H17NO4S. The number of fused-ring (bicyclic) bond motifs is 2.